The number of rotatable bonds is 6. The van der Waals surface area contributed by atoms with E-state index in [0.717, 1.165) is 25.8 Å². The molecule has 0 amide bonds. The van der Waals surface area contributed by atoms with Gasteiger partial charge in [0.25, 0.3) is 0 Å². The van der Waals surface area contributed by atoms with Crippen LogP contribution in [0.3, 0.4) is 0 Å². The largest absolute Gasteiger partial charge is 0.310 e. The Morgan fingerprint density at radius 1 is 1.42 bits per heavy atom. The maximum atomic E-state index is 4.42. The number of nitrogens with one attached hydrogen (secondary N) is 1. The maximum Gasteiger partial charge on any atom is 0.0709 e. The quantitative estimate of drug-likeness (QED) is 0.803. The van der Waals surface area contributed by atoms with Gasteiger partial charge < -0.3 is 5.32 Å². The van der Waals surface area contributed by atoms with Gasteiger partial charge in [0.15, 0.2) is 0 Å². The van der Waals surface area contributed by atoms with Crippen molar-refractivity contribution >= 4 is 5.52 Å². The third-order valence-electron chi connectivity index (χ3n) is 3.21. The van der Waals surface area contributed by atoms with Crippen molar-refractivity contribution < 1.29 is 0 Å². The summed E-state index contributed by atoms with van der Waals surface area (Å²) in [5.41, 5.74) is 2.45. The van der Waals surface area contributed by atoms with Crippen LogP contribution in [0, 0.1) is 11.8 Å². The zero-order valence-corrected chi connectivity index (χ0v) is 11.7. The molecule has 2 heterocycles. The highest BCUT2D eigenvalue weighted by atomic mass is 15.2. The van der Waals surface area contributed by atoms with Gasteiger partial charge >= 0.3 is 0 Å². The molecule has 0 spiro atoms. The fourth-order valence-electron chi connectivity index (χ4n) is 2.25. The number of pyridine rings is 1. The minimum atomic E-state index is 0.334. The maximum absolute atomic E-state index is 4.42. The van der Waals surface area contributed by atoms with Gasteiger partial charge in [-0.15, -0.1) is 11.8 Å². The van der Waals surface area contributed by atoms with Crippen LogP contribution in [0.15, 0.2) is 30.6 Å². The summed E-state index contributed by atoms with van der Waals surface area (Å²) >= 11 is 0. The van der Waals surface area contributed by atoms with E-state index in [-0.39, 0.29) is 0 Å². The molecule has 0 aliphatic rings. The Morgan fingerprint density at radius 2 is 2.32 bits per heavy atom. The molecular weight excluding hydrogens is 234 g/mol. The number of hydrogen-bond donors (Lipinski definition) is 1. The van der Waals surface area contributed by atoms with Crippen molar-refractivity contribution in [2.75, 3.05) is 6.54 Å². The molecule has 0 radical (unpaired) electrons. The first-order valence-electron chi connectivity index (χ1n) is 6.92. The van der Waals surface area contributed by atoms with E-state index in [4.69, 9.17) is 0 Å². The van der Waals surface area contributed by atoms with Gasteiger partial charge in [-0.2, -0.15) is 5.10 Å². The second-order valence-electron chi connectivity index (χ2n) is 4.60. The Hall–Kier alpha value is -1.79. The molecule has 0 aliphatic heterocycles. The van der Waals surface area contributed by atoms with Crippen molar-refractivity contribution in [3.8, 4) is 11.8 Å². The Balaban J connectivity index is 2.22. The molecule has 3 nitrogen and oxygen atoms in total. The van der Waals surface area contributed by atoms with Gasteiger partial charge in [0.05, 0.1) is 11.7 Å². The van der Waals surface area contributed by atoms with Gasteiger partial charge in [0, 0.05) is 24.2 Å². The van der Waals surface area contributed by atoms with Crippen molar-refractivity contribution in [3.05, 3.63) is 36.2 Å². The van der Waals surface area contributed by atoms with Crippen molar-refractivity contribution in [1.29, 1.82) is 0 Å². The summed E-state index contributed by atoms with van der Waals surface area (Å²) in [6.45, 7) is 5.10. The number of aromatic nitrogens is 2. The van der Waals surface area contributed by atoms with Crippen LogP contribution in [-0.2, 0) is 0 Å². The summed E-state index contributed by atoms with van der Waals surface area (Å²) in [4.78, 5) is 0. The highest BCUT2D eigenvalue weighted by molar-refractivity contribution is 5.54. The standard InChI is InChI=1S/C16H21N3/c1-3-5-6-9-15(17-11-4-2)14-13-18-19-12-8-7-10-16(14)19/h7-8,10,12-13,15,17H,4,6,9,11H2,1-2H3. The molecule has 0 bridgehead atoms. The molecule has 0 aromatic carbocycles. The predicted molar refractivity (Wildman–Crippen MR) is 78.9 cm³/mol. The molecule has 0 saturated carbocycles. The molecule has 1 N–H and O–H groups in total. The Kier molecular flexibility index (Phi) is 5.00. The van der Waals surface area contributed by atoms with Crippen LogP contribution < -0.4 is 5.32 Å². The lowest BCUT2D eigenvalue weighted by Gasteiger charge is -2.16. The fraction of sp³-hybridized carbons (Fsp3) is 0.438. The van der Waals surface area contributed by atoms with Crippen LogP contribution in [0.2, 0.25) is 0 Å². The molecule has 0 aliphatic carbocycles. The normalized spacial score (nSPS) is 12.1. The zero-order valence-electron chi connectivity index (χ0n) is 11.7. The van der Waals surface area contributed by atoms with E-state index in [1.54, 1.807) is 0 Å². The van der Waals surface area contributed by atoms with Crippen LogP contribution >= 0.6 is 0 Å². The predicted octanol–water partition coefficient (Wildman–Crippen LogP) is 3.18. The molecule has 2 aromatic rings. The number of fused-ring (bicyclic) bond motifs is 1. The zero-order chi connectivity index (χ0) is 13.5. The van der Waals surface area contributed by atoms with Gasteiger partial charge in [0.2, 0.25) is 0 Å². The number of nitrogens with zero attached hydrogens (tertiary/aromatic N) is 2. The molecule has 19 heavy (non-hydrogen) atoms. The van der Waals surface area contributed by atoms with E-state index in [0.29, 0.717) is 6.04 Å². The minimum Gasteiger partial charge on any atom is -0.310 e. The summed E-state index contributed by atoms with van der Waals surface area (Å²) in [5.74, 6) is 6.11. The molecule has 0 saturated heterocycles. The smallest absolute Gasteiger partial charge is 0.0709 e. The topological polar surface area (TPSA) is 29.3 Å². The number of hydrogen-bond acceptors (Lipinski definition) is 2. The molecule has 100 valence electrons. The van der Waals surface area contributed by atoms with Crippen molar-refractivity contribution in [2.45, 2.75) is 39.2 Å². The molecule has 1 unspecified atom stereocenters. The van der Waals surface area contributed by atoms with Gasteiger partial charge in [-0.1, -0.05) is 13.0 Å². The van der Waals surface area contributed by atoms with Crippen LogP contribution in [0.1, 0.15) is 44.7 Å². The molecule has 0 fully saturated rings. The lowest BCUT2D eigenvalue weighted by atomic mass is 10.0. The van der Waals surface area contributed by atoms with Gasteiger partial charge in [-0.05, 0) is 38.4 Å². The Morgan fingerprint density at radius 3 is 3.11 bits per heavy atom. The van der Waals surface area contributed by atoms with E-state index in [1.807, 2.05) is 29.9 Å². The molecule has 2 aromatic heterocycles. The molecule has 3 heteroatoms. The fourth-order valence-corrected chi connectivity index (χ4v) is 2.25. The van der Waals surface area contributed by atoms with E-state index in [2.05, 4.69) is 41.3 Å². The first-order chi connectivity index (χ1) is 9.36. The van der Waals surface area contributed by atoms with Crippen LogP contribution in [0.25, 0.3) is 5.52 Å². The molecule has 1 atom stereocenters. The van der Waals surface area contributed by atoms with Crippen LogP contribution in [0.4, 0.5) is 0 Å². The second kappa shape index (κ2) is 6.96. The SMILES string of the molecule is CC#CCCC(NCCC)c1cnn2ccccc12. The van der Waals surface area contributed by atoms with Crippen molar-refractivity contribution in [1.82, 2.24) is 14.9 Å². The summed E-state index contributed by atoms with van der Waals surface area (Å²) in [6, 6.07) is 6.51. The highest BCUT2D eigenvalue weighted by Gasteiger charge is 2.14. The first-order valence-corrected chi connectivity index (χ1v) is 6.92. The monoisotopic (exact) mass is 255 g/mol. The van der Waals surface area contributed by atoms with Gasteiger partial charge in [-0.25, -0.2) is 4.52 Å². The first kappa shape index (κ1) is 13.6. The Bertz CT molecular complexity index is 574. The average Bonchev–Trinajstić information content (AvgIpc) is 2.87. The second-order valence-corrected chi connectivity index (χ2v) is 4.60. The summed E-state index contributed by atoms with van der Waals surface area (Å²) in [5, 5.41) is 8.02. The average molecular weight is 255 g/mol. The van der Waals surface area contributed by atoms with Crippen LogP contribution in [-0.4, -0.2) is 16.2 Å². The lowest BCUT2D eigenvalue weighted by molar-refractivity contribution is 0.508. The minimum absolute atomic E-state index is 0.334. The summed E-state index contributed by atoms with van der Waals surface area (Å²) in [7, 11) is 0. The molecule has 2 rings (SSSR count). The van der Waals surface area contributed by atoms with E-state index < -0.39 is 0 Å². The van der Waals surface area contributed by atoms with Crippen molar-refractivity contribution in [2.24, 2.45) is 0 Å². The van der Waals surface area contributed by atoms with E-state index >= 15 is 0 Å². The van der Waals surface area contributed by atoms with E-state index in [9.17, 15) is 0 Å². The van der Waals surface area contributed by atoms with Crippen LogP contribution in [0.5, 0.6) is 0 Å². The molecular formula is C16H21N3. The Labute approximate surface area is 115 Å². The highest BCUT2D eigenvalue weighted by Crippen LogP contribution is 2.22. The third-order valence-corrected chi connectivity index (χ3v) is 3.21. The third kappa shape index (κ3) is 3.36. The van der Waals surface area contributed by atoms with Crippen molar-refractivity contribution in [3.63, 3.8) is 0 Å². The summed E-state index contributed by atoms with van der Waals surface area (Å²) in [6.07, 6.45) is 7.04. The summed E-state index contributed by atoms with van der Waals surface area (Å²) < 4.78 is 1.93. The van der Waals surface area contributed by atoms with E-state index in [1.165, 1.54) is 11.1 Å². The lowest BCUT2D eigenvalue weighted by Crippen LogP contribution is -2.21. The van der Waals surface area contributed by atoms with Gasteiger partial charge in [0.1, 0.15) is 0 Å². The van der Waals surface area contributed by atoms with Gasteiger partial charge in [-0.3, -0.25) is 0 Å².